The number of nitro benzene ring substituents is 1. The lowest BCUT2D eigenvalue weighted by molar-refractivity contribution is -0.384. The molecule has 114 valence electrons. The Morgan fingerprint density at radius 2 is 1.95 bits per heavy atom. The summed E-state index contributed by atoms with van der Waals surface area (Å²) < 4.78 is 23.3. The molecule has 0 atom stereocenters. The third-order valence-electron chi connectivity index (χ3n) is 2.41. The van der Waals surface area contributed by atoms with Gasteiger partial charge in [-0.25, -0.2) is 9.18 Å². The first-order valence-electron chi connectivity index (χ1n) is 5.75. The predicted molar refractivity (Wildman–Crippen MR) is 74.8 cm³/mol. The number of primary amides is 1. The van der Waals surface area contributed by atoms with Gasteiger partial charge < -0.3 is 15.2 Å². The number of benzene rings is 2. The fourth-order valence-electron chi connectivity index (χ4n) is 1.59. The monoisotopic (exact) mass is 326 g/mol. The van der Waals surface area contributed by atoms with Crippen LogP contribution in [0.4, 0.5) is 14.9 Å². The number of nitro groups is 1. The molecule has 1 amide bonds. The van der Waals surface area contributed by atoms with Crippen LogP contribution in [0.2, 0.25) is 5.02 Å². The van der Waals surface area contributed by atoms with Gasteiger partial charge in [-0.1, -0.05) is 11.6 Å². The van der Waals surface area contributed by atoms with Crippen molar-refractivity contribution in [2.45, 2.75) is 0 Å². The van der Waals surface area contributed by atoms with Gasteiger partial charge in [0, 0.05) is 12.1 Å². The molecule has 7 nitrogen and oxygen atoms in total. The van der Waals surface area contributed by atoms with Crippen molar-refractivity contribution < 1.29 is 23.6 Å². The molecule has 0 aliphatic rings. The van der Waals surface area contributed by atoms with Gasteiger partial charge in [0.2, 0.25) is 0 Å². The Morgan fingerprint density at radius 3 is 2.59 bits per heavy atom. The zero-order chi connectivity index (χ0) is 16.3. The highest BCUT2D eigenvalue weighted by molar-refractivity contribution is 6.30. The van der Waals surface area contributed by atoms with Gasteiger partial charge in [0.1, 0.15) is 11.6 Å². The lowest BCUT2D eigenvalue weighted by Crippen LogP contribution is -2.16. The van der Waals surface area contributed by atoms with Crippen molar-refractivity contribution in [2.24, 2.45) is 5.73 Å². The number of amides is 1. The van der Waals surface area contributed by atoms with Crippen LogP contribution in [0, 0.1) is 15.9 Å². The lowest BCUT2D eigenvalue weighted by Gasteiger charge is -2.10. The fourth-order valence-corrected chi connectivity index (χ4v) is 1.81. The van der Waals surface area contributed by atoms with Crippen molar-refractivity contribution in [1.82, 2.24) is 0 Å². The van der Waals surface area contributed by atoms with Gasteiger partial charge in [-0.2, -0.15) is 0 Å². The maximum absolute atomic E-state index is 13.3. The third-order valence-corrected chi connectivity index (χ3v) is 2.63. The summed E-state index contributed by atoms with van der Waals surface area (Å²) in [6.07, 6.45) is -1.12. The Labute approximate surface area is 128 Å². The van der Waals surface area contributed by atoms with E-state index in [1.54, 1.807) is 0 Å². The van der Waals surface area contributed by atoms with E-state index < -0.39 is 16.8 Å². The third kappa shape index (κ3) is 3.83. The van der Waals surface area contributed by atoms with Crippen LogP contribution in [0.3, 0.4) is 0 Å². The van der Waals surface area contributed by atoms with E-state index in [4.69, 9.17) is 22.1 Å². The topological polar surface area (TPSA) is 105 Å². The minimum atomic E-state index is -1.12. The number of nitrogens with zero attached hydrogens (tertiary/aromatic N) is 1. The number of rotatable bonds is 4. The molecule has 0 unspecified atom stereocenters. The van der Waals surface area contributed by atoms with Gasteiger partial charge in [-0.3, -0.25) is 10.1 Å². The van der Waals surface area contributed by atoms with Gasteiger partial charge >= 0.3 is 6.09 Å². The van der Waals surface area contributed by atoms with E-state index >= 15 is 0 Å². The molecule has 9 heteroatoms. The summed E-state index contributed by atoms with van der Waals surface area (Å²) in [4.78, 5) is 20.9. The van der Waals surface area contributed by atoms with Crippen molar-refractivity contribution in [3.05, 3.63) is 57.4 Å². The molecule has 0 spiro atoms. The van der Waals surface area contributed by atoms with Gasteiger partial charge in [-0.15, -0.1) is 0 Å². The molecular formula is C13H8ClFN2O5. The van der Waals surface area contributed by atoms with Gasteiger partial charge in [0.15, 0.2) is 11.5 Å². The highest BCUT2D eigenvalue weighted by atomic mass is 35.5. The molecule has 0 aromatic heterocycles. The molecule has 2 N–H and O–H groups in total. The maximum Gasteiger partial charge on any atom is 0.410 e. The van der Waals surface area contributed by atoms with Crippen LogP contribution in [0.25, 0.3) is 0 Å². The molecule has 0 fully saturated rings. The van der Waals surface area contributed by atoms with E-state index in [1.807, 2.05) is 0 Å². The average molecular weight is 327 g/mol. The molecule has 0 radical (unpaired) electrons. The summed E-state index contributed by atoms with van der Waals surface area (Å²) in [6, 6.07) is 6.60. The van der Waals surface area contributed by atoms with Gasteiger partial charge in [-0.05, 0) is 18.2 Å². The fraction of sp³-hybridized carbons (Fsp3) is 0. The molecule has 0 saturated heterocycles. The normalized spacial score (nSPS) is 10.1. The van der Waals surface area contributed by atoms with Crippen molar-refractivity contribution in [2.75, 3.05) is 0 Å². The van der Waals surface area contributed by atoms with Crippen molar-refractivity contribution >= 4 is 23.4 Å². The number of halogens is 2. The number of non-ortho nitro benzene ring substituents is 1. The Hall–Kier alpha value is -2.87. The zero-order valence-electron chi connectivity index (χ0n) is 10.8. The number of ether oxygens (including phenoxy) is 2. The van der Waals surface area contributed by atoms with Crippen molar-refractivity contribution in [3.8, 4) is 17.2 Å². The Morgan fingerprint density at radius 1 is 1.23 bits per heavy atom. The molecule has 2 rings (SSSR count). The van der Waals surface area contributed by atoms with Crippen LogP contribution in [0.1, 0.15) is 0 Å². The minimum Gasteiger partial charge on any atom is -0.453 e. The smallest absolute Gasteiger partial charge is 0.410 e. The first-order valence-corrected chi connectivity index (χ1v) is 6.12. The Bertz CT molecular complexity index is 753. The summed E-state index contributed by atoms with van der Waals surface area (Å²) in [6.45, 7) is 0. The summed E-state index contributed by atoms with van der Waals surface area (Å²) >= 11 is 5.75. The summed E-state index contributed by atoms with van der Waals surface area (Å²) in [5.74, 6) is -1.02. The molecule has 22 heavy (non-hydrogen) atoms. The molecule has 2 aromatic rings. The largest absolute Gasteiger partial charge is 0.453 e. The quantitative estimate of drug-likeness (QED) is 0.682. The van der Waals surface area contributed by atoms with E-state index in [0.717, 1.165) is 30.3 Å². The number of nitrogens with two attached hydrogens (primary N) is 1. The average Bonchev–Trinajstić information content (AvgIpc) is 2.40. The molecule has 0 bridgehead atoms. The van der Waals surface area contributed by atoms with E-state index in [9.17, 15) is 19.3 Å². The van der Waals surface area contributed by atoms with Gasteiger partial charge in [0.05, 0.1) is 16.0 Å². The van der Waals surface area contributed by atoms with E-state index in [2.05, 4.69) is 4.74 Å². The van der Waals surface area contributed by atoms with Crippen molar-refractivity contribution in [3.63, 3.8) is 0 Å². The second-order valence-electron chi connectivity index (χ2n) is 4.02. The Kier molecular flexibility index (Phi) is 4.42. The number of hydrogen-bond donors (Lipinski definition) is 1. The standard InChI is InChI=1S/C13H8ClFN2O5/c14-7-3-9(17(19)20)6-10(4-7)21-12-5-8(15)1-2-11(12)22-13(16)18/h1-6H,(H2,16,18). The van der Waals surface area contributed by atoms with Crippen LogP contribution < -0.4 is 15.2 Å². The Balaban J connectivity index is 2.40. The first kappa shape index (κ1) is 15.5. The van der Waals surface area contributed by atoms with E-state index in [-0.39, 0.29) is 28.0 Å². The highest BCUT2D eigenvalue weighted by Crippen LogP contribution is 2.35. The predicted octanol–water partition coefficient (Wildman–Crippen LogP) is 3.64. The van der Waals surface area contributed by atoms with Crippen LogP contribution in [0.5, 0.6) is 17.2 Å². The molecule has 0 aliphatic carbocycles. The van der Waals surface area contributed by atoms with Crippen molar-refractivity contribution in [1.29, 1.82) is 0 Å². The SMILES string of the molecule is NC(=O)Oc1ccc(F)cc1Oc1cc(Cl)cc([N+](=O)[O-])c1. The number of carbonyl (C=O) groups is 1. The number of carbonyl (C=O) groups excluding carboxylic acids is 1. The second kappa shape index (κ2) is 6.27. The summed E-state index contributed by atoms with van der Waals surface area (Å²) in [5.41, 5.74) is 4.58. The number of hydrogen-bond acceptors (Lipinski definition) is 5. The molecule has 2 aromatic carbocycles. The van der Waals surface area contributed by atoms with Crippen LogP contribution in [-0.2, 0) is 0 Å². The van der Waals surface area contributed by atoms with E-state index in [1.165, 1.54) is 6.07 Å². The van der Waals surface area contributed by atoms with Crippen LogP contribution in [-0.4, -0.2) is 11.0 Å². The van der Waals surface area contributed by atoms with Crippen LogP contribution >= 0.6 is 11.6 Å². The highest BCUT2D eigenvalue weighted by Gasteiger charge is 2.14. The molecular weight excluding hydrogens is 319 g/mol. The minimum absolute atomic E-state index is 0.0286. The van der Waals surface area contributed by atoms with E-state index in [0.29, 0.717) is 0 Å². The maximum atomic E-state index is 13.3. The summed E-state index contributed by atoms with van der Waals surface area (Å²) in [7, 11) is 0. The van der Waals surface area contributed by atoms with Crippen LogP contribution in [0.15, 0.2) is 36.4 Å². The lowest BCUT2D eigenvalue weighted by atomic mass is 10.3. The zero-order valence-corrected chi connectivity index (χ0v) is 11.5. The second-order valence-corrected chi connectivity index (χ2v) is 4.45. The summed E-state index contributed by atoms with van der Waals surface area (Å²) in [5, 5.41) is 10.8. The molecule has 0 heterocycles. The molecule has 0 aliphatic heterocycles. The molecule has 0 saturated carbocycles. The first-order chi connectivity index (χ1) is 10.3. The van der Waals surface area contributed by atoms with Gasteiger partial charge in [0.25, 0.3) is 5.69 Å².